The van der Waals surface area contributed by atoms with Crippen LogP contribution in [0.1, 0.15) is 34.1 Å². The van der Waals surface area contributed by atoms with Crippen LogP contribution in [0.15, 0.2) is 77.3 Å². The molecule has 0 spiro atoms. The van der Waals surface area contributed by atoms with Crippen molar-refractivity contribution < 1.29 is 14.6 Å². The van der Waals surface area contributed by atoms with Crippen molar-refractivity contribution in [3.8, 4) is 5.75 Å². The fraction of sp³-hybridized carbons (Fsp3) is 0.222. The molecule has 0 aliphatic carbocycles. The Kier molecular flexibility index (Phi) is 8.78. The third-order valence-corrected chi connectivity index (χ3v) is 6.38. The van der Waals surface area contributed by atoms with Gasteiger partial charge >= 0.3 is 5.97 Å². The van der Waals surface area contributed by atoms with Crippen LogP contribution >= 0.6 is 28.3 Å². The molecule has 0 aliphatic heterocycles. The molecular weight excluding hydrogens is 516 g/mol. The number of carbonyl (C=O) groups excluding carboxylic acids is 1. The lowest BCUT2D eigenvalue weighted by Crippen LogP contribution is -2.25. The Morgan fingerprint density at radius 3 is 2.06 bits per heavy atom. The number of phenolic OH excluding ortho intramolecular Hbond substituents is 1. The number of aromatic hydroxyl groups is 1. The van der Waals surface area contributed by atoms with Crippen molar-refractivity contribution in [3.05, 3.63) is 99.7 Å². The number of ether oxygens (including phenoxy) is 1. The van der Waals surface area contributed by atoms with Crippen LogP contribution in [0.3, 0.4) is 0 Å². The molecule has 0 saturated heterocycles. The first-order valence-electron chi connectivity index (χ1n) is 10.9. The van der Waals surface area contributed by atoms with E-state index in [2.05, 4.69) is 45.1 Å². The minimum absolute atomic E-state index is 0. The largest absolute Gasteiger partial charge is 0.507 e. The molecule has 5 nitrogen and oxygen atoms in total. The number of halogens is 2. The molecule has 0 fully saturated rings. The van der Waals surface area contributed by atoms with E-state index in [0.717, 1.165) is 24.3 Å². The molecule has 3 aromatic carbocycles. The molecule has 0 aliphatic rings. The molecule has 1 aromatic heterocycles. The molecule has 4 rings (SSSR count). The van der Waals surface area contributed by atoms with E-state index >= 15 is 0 Å². The Labute approximate surface area is 214 Å². The van der Waals surface area contributed by atoms with Crippen LogP contribution in [0.25, 0.3) is 10.9 Å². The van der Waals surface area contributed by atoms with Crippen LogP contribution in [0.4, 0.5) is 0 Å². The topological polar surface area (TPSA) is 54.7 Å². The van der Waals surface area contributed by atoms with Gasteiger partial charge in [0.1, 0.15) is 5.75 Å². The molecule has 7 heteroatoms. The molecule has 34 heavy (non-hydrogen) atoms. The normalized spacial score (nSPS) is 10.9. The summed E-state index contributed by atoms with van der Waals surface area (Å²) in [6.45, 7) is 4.09. The minimum atomic E-state index is -0.376. The second kappa shape index (κ2) is 11.6. The molecule has 178 valence electrons. The highest BCUT2D eigenvalue weighted by Crippen LogP contribution is 2.35. The molecule has 0 saturated carbocycles. The smallest absolute Gasteiger partial charge is 0.340 e. The maximum Gasteiger partial charge on any atom is 0.340 e. The van der Waals surface area contributed by atoms with Gasteiger partial charge in [0.25, 0.3) is 0 Å². The van der Waals surface area contributed by atoms with Crippen LogP contribution in [0.5, 0.6) is 5.75 Å². The van der Waals surface area contributed by atoms with Crippen molar-refractivity contribution in [1.82, 2.24) is 9.47 Å². The standard InChI is InChI=1S/C27H27BrN2O3.ClH/c1-3-33-27(32)26-21-14-25(31)22(28)15-23(21)29(2)24(26)18-30(16-19-10-6-4-7-11-19)17-20-12-8-5-9-13-20;/h4-15,31H,3,16-18H2,1-2H3;1H. The third kappa shape index (κ3) is 5.63. The van der Waals surface area contributed by atoms with Gasteiger partial charge in [-0.25, -0.2) is 4.79 Å². The monoisotopic (exact) mass is 542 g/mol. The first-order chi connectivity index (χ1) is 16.0. The van der Waals surface area contributed by atoms with E-state index in [1.807, 2.05) is 54.1 Å². The highest BCUT2D eigenvalue weighted by Gasteiger charge is 2.25. The van der Waals surface area contributed by atoms with Crippen molar-refractivity contribution in [3.63, 3.8) is 0 Å². The number of hydrogen-bond acceptors (Lipinski definition) is 4. The Morgan fingerprint density at radius 1 is 0.971 bits per heavy atom. The van der Waals surface area contributed by atoms with Crippen LogP contribution in [0.2, 0.25) is 0 Å². The molecular formula is C27H28BrClN2O3. The first kappa shape index (κ1) is 25.8. The summed E-state index contributed by atoms with van der Waals surface area (Å²) in [6, 6.07) is 24.1. The van der Waals surface area contributed by atoms with Crippen molar-refractivity contribution in [2.24, 2.45) is 7.05 Å². The van der Waals surface area contributed by atoms with Gasteiger partial charge in [-0.2, -0.15) is 0 Å². The van der Waals surface area contributed by atoms with Gasteiger partial charge in [-0.05, 0) is 46.1 Å². The summed E-state index contributed by atoms with van der Waals surface area (Å²) in [4.78, 5) is 15.4. The van der Waals surface area contributed by atoms with E-state index in [4.69, 9.17) is 4.74 Å². The van der Waals surface area contributed by atoms with E-state index < -0.39 is 0 Å². The van der Waals surface area contributed by atoms with Gasteiger partial charge in [0.15, 0.2) is 0 Å². The van der Waals surface area contributed by atoms with Crippen LogP contribution in [-0.2, 0) is 31.4 Å². The Morgan fingerprint density at radius 2 is 1.53 bits per heavy atom. The number of fused-ring (bicyclic) bond motifs is 1. The number of esters is 1. The lowest BCUT2D eigenvalue weighted by molar-refractivity contribution is 0.0525. The van der Waals surface area contributed by atoms with Crippen LogP contribution in [0, 0.1) is 0 Å². The minimum Gasteiger partial charge on any atom is -0.507 e. The fourth-order valence-electron chi connectivity index (χ4n) is 4.18. The van der Waals surface area contributed by atoms with Gasteiger partial charge in [-0.3, -0.25) is 4.90 Å². The van der Waals surface area contributed by atoms with Crippen molar-refractivity contribution in [1.29, 1.82) is 0 Å². The van der Waals surface area contributed by atoms with Crippen molar-refractivity contribution in [2.45, 2.75) is 26.6 Å². The Hall–Kier alpha value is -2.80. The number of aryl methyl sites for hydroxylation is 1. The predicted molar refractivity (Wildman–Crippen MR) is 141 cm³/mol. The zero-order valence-corrected chi connectivity index (χ0v) is 21.6. The summed E-state index contributed by atoms with van der Waals surface area (Å²) < 4.78 is 8.02. The number of benzene rings is 3. The zero-order chi connectivity index (χ0) is 23.4. The first-order valence-corrected chi connectivity index (χ1v) is 11.7. The highest BCUT2D eigenvalue weighted by atomic mass is 79.9. The van der Waals surface area contributed by atoms with Gasteiger partial charge in [0.2, 0.25) is 0 Å². The maximum absolute atomic E-state index is 13.0. The van der Waals surface area contributed by atoms with E-state index in [1.165, 1.54) is 11.1 Å². The highest BCUT2D eigenvalue weighted by molar-refractivity contribution is 9.10. The molecule has 1 heterocycles. The fourth-order valence-corrected chi connectivity index (χ4v) is 4.51. The summed E-state index contributed by atoms with van der Waals surface area (Å²) in [6.07, 6.45) is 0. The average molecular weight is 544 g/mol. The number of hydrogen-bond donors (Lipinski definition) is 1. The number of phenols is 1. The van der Waals surface area contributed by atoms with Crippen molar-refractivity contribution >= 4 is 45.2 Å². The van der Waals surface area contributed by atoms with E-state index in [1.54, 1.807) is 13.0 Å². The molecule has 0 bridgehead atoms. The number of aromatic nitrogens is 1. The van der Waals surface area contributed by atoms with Crippen LogP contribution < -0.4 is 0 Å². The maximum atomic E-state index is 13.0. The Bertz CT molecular complexity index is 1220. The average Bonchev–Trinajstić information content (AvgIpc) is 3.06. The van der Waals surface area contributed by atoms with Gasteiger partial charge in [-0.1, -0.05) is 60.7 Å². The summed E-state index contributed by atoms with van der Waals surface area (Å²) in [7, 11) is 1.95. The summed E-state index contributed by atoms with van der Waals surface area (Å²) in [5.41, 5.74) is 4.61. The van der Waals surface area contributed by atoms with Gasteiger partial charge < -0.3 is 14.4 Å². The number of rotatable bonds is 8. The van der Waals surface area contributed by atoms with E-state index in [0.29, 0.717) is 22.0 Å². The quantitative estimate of drug-likeness (QED) is 0.260. The third-order valence-electron chi connectivity index (χ3n) is 5.74. The molecule has 1 N–H and O–H groups in total. The second-order valence-electron chi connectivity index (χ2n) is 8.04. The zero-order valence-electron chi connectivity index (χ0n) is 19.2. The second-order valence-corrected chi connectivity index (χ2v) is 8.89. The number of nitrogens with zero attached hydrogens (tertiary/aromatic N) is 2. The summed E-state index contributed by atoms with van der Waals surface area (Å²) in [5, 5.41) is 11.0. The predicted octanol–water partition coefficient (Wildman–Crippen LogP) is 6.45. The lowest BCUT2D eigenvalue weighted by atomic mass is 10.1. The van der Waals surface area contributed by atoms with Gasteiger partial charge in [-0.15, -0.1) is 12.4 Å². The van der Waals surface area contributed by atoms with Crippen LogP contribution in [-0.4, -0.2) is 27.1 Å². The molecule has 4 aromatic rings. The van der Waals surface area contributed by atoms with E-state index in [9.17, 15) is 9.90 Å². The van der Waals surface area contributed by atoms with Gasteiger partial charge in [0, 0.05) is 37.8 Å². The summed E-state index contributed by atoms with van der Waals surface area (Å²) in [5.74, 6) is -0.283. The Balaban J connectivity index is 0.00000324. The van der Waals surface area contributed by atoms with Gasteiger partial charge in [0.05, 0.1) is 22.2 Å². The number of carbonyl (C=O) groups is 1. The lowest BCUT2D eigenvalue weighted by Gasteiger charge is -2.24. The SMILES string of the molecule is CCOC(=O)c1c(CN(Cc2ccccc2)Cc2ccccc2)n(C)c2cc(Br)c(O)cc12.Cl. The molecule has 0 atom stereocenters. The van der Waals surface area contributed by atoms with E-state index in [-0.39, 0.29) is 30.7 Å². The summed E-state index contributed by atoms with van der Waals surface area (Å²) >= 11 is 3.40. The molecule has 0 amide bonds. The molecule has 0 radical (unpaired) electrons. The molecule has 0 unspecified atom stereocenters. The van der Waals surface area contributed by atoms with Crippen molar-refractivity contribution in [2.75, 3.05) is 6.61 Å².